The fraction of sp³-hybridized carbons (Fsp3) is 0.933. The molecular formula is C30H55N7O5. The lowest BCUT2D eigenvalue weighted by molar-refractivity contribution is -0.130. The number of amides is 2. The van der Waals surface area contributed by atoms with Gasteiger partial charge in [-0.15, -0.1) is 0 Å². The summed E-state index contributed by atoms with van der Waals surface area (Å²) in [5, 5.41) is 27.4. The number of aliphatic hydroxyl groups excluding tert-OH is 1. The molecule has 4 aliphatic heterocycles. The number of fused-ring (bicyclic) bond motifs is 1. The van der Waals surface area contributed by atoms with Gasteiger partial charge in [0.15, 0.2) is 0 Å². The van der Waals surface area contributed by atoms with Crippen molar-refractivity contribution in [2.45, 2.75) is 102 Å². The summed E-state index contributed by atoms with van der Waals surface area (Å²) < 4.78 is 12.1. The van der Waals surface area contributed by atoms with Gasteiger partial charge in [-0.05, 0) is 63.3 Å². The summed E-state index contributed by atoms with van der Waals surface area (Å²) in [5.74, 6) is 1.90. The largest absolute Gasteiger partial charge is 0.390 e. The van der Waals surface area contributed by atoms with E-state index in [1.165, 1.54) is 0 Å². The molecule has 0 aromatic carbocycles. The van der Waals surface area contributed by atoms with Crippen LogP contribution >= 0.6 is 0 Å². The fourth-order valence-electron chi connectivity index (χ4n) is 7.80. The van der Waals surface area contributed by atoms with Gasteiger partial charge in [0.1, 0.15) is 0 Å². The van der Waals surface area contributed by atoms with Gasteiger partial charge in [-0.1, -0.05) is 6.92 Å². The van der Waals surface area contributed by atoms with Gasteiger partial charge < -0.3 is 29.7 Å². The number of piperidine rings is 2. The highest BCUT2D eigenvalue weighted by molar-refractivity contribution is 5.81. The predicted molar refractivity (Wildman–Crippen MR) is 159 cm³/mol. The summed E-state index contributed by atoms with van der Waals surface area (Å²) in [7, 11) is 0. The number of hydrogen-bond acceptors (Lipinski definition) is 10. The molecule has 12 heteroatoms. The van der Waals surface area contributed by atoms with E-state index in [0.29, 0.717) is 68.9 Å². The van der Waals surface area contributed by atoms with Crippen LogP contribution in [0.2, 0.25) is 0 Å². The van der Waals surface area contributed by atoms with Crippen LogP contribution in [0.3, 0.4) is 0 Å². The van der Waals surface area contributed by atoms with Gasteiger partial charge in [-0.2, -0.15) is 0 Å². The number of hydrogen-bond donors (Lipinski definition) is 6. The van der Waals surface area contributed by atoms with Gasteiger partial charge in [0.25, 0.3) is 0 Å². The van der Waals surface area contributed by atoms with Gasteiger partial charge in [0.2, 0.25) is 11.8 Å². The molecule has 6 N–H and O–H groups in total. The number of nitrogens with one attached hydrogen (secondary N) is 5. The van der Waals surface area contributed by atoms with Crippen LogP contribution in [0.1, 0.15) is 59.3 Å². The van der Waals surface area contributed by atoms with Crippen molar-refractivity contribution >= 4 is 11.8 Å². The van der Waals surface area contributed by atoms with Crippen molar-refractivity contribution in [3.05, 3.63) is 0 Å². The number of carbonyl (C=O) groups is 2. The summed E-state index contributed by atoms with van der Waals surface area (Å²) in [6.45, 7) is 12.3. The summed E-state index contributed by atoms with van der Waals surface area (Å²) in [6, 6.07) is 0.376. The van der Waals surface area contributed by atoms with Crippen molar-refractivity contribution in [2.75, 3.05) is 59.3 Å². The van der Waals surface area contributed by atoms with Crippen LogP contribution in [-0.2, 0) is 19.1 Å². The summed E-state index contributed by atoms with van der Waals surface area (Å²) in [5.41, 5.74) is 0. The van der Waals surface area contributed by atoms with Crippen molar-refractivity contribution in [3.8, 4) is 0 Å². The first-order chi connectivity index (χ1) is 20.3. The number of rotatable bonds is 10. The third-order valence-corrected chi connectivity index (χ3v) is 10.5. The Kier molecular flexibility index (Phi) is 11.5. The molecule has 4 heterocycles. The van der Waals surface area contributed by atoms with Gasteiger partial charge in [-0.25, -0.2) is 0 Å². The molecule has 5 rings (SSSR count). The minimum atomic E-state index is -0.591. The minimum absolute atomic E-state index is 0.0431. The van der Waals surface area contributed by atoms with E-state index in [4.69, 9.17) is 9.47 Å². The average molecular weight is 594 g/mol. The van der Waals surface area contributed by atoms with Gasteiger partial charge >= 0.3 is 0 Å². The Morgan fingerprint density at radius 1 is 1.07 bits per heavy atom. The van der Waals surface area contributed by atoms with Crippen LogP contribution in [0.15, 0.2) is 0 Å². The Balaban J connectivity index is 0.978. The van der Waals surface area contributed by atoms with Gasteiger partial charge in [0, 0.05) is 64.8 Å². The van der Waals surface area contributed by atoms with E-state index in [-0.39, 0.29) is 36.7 Å². The second-order valence-corrected chi connectivity index (χ2v) is 13.4. The maximum Gasteiger partial charge on any atom is 0.237 e. The number of carbonyl (C=O) groups excluding carboxylic acids is 2. The Morgan fingerprint density at radius 3 is 2.62 bits per heavy atom. The molecule has 240 valence electrons. The molecule has 1 saturated carbocycles. The molecule has 0 bridgehead atoms. The van der Waals surface area contributed by atoms with Crippen molar-refractivity contribution in [1.29, 1.82) is 0 Å². The highest BCUT2D eigenvalue weighted by Crippen LogP contribution is 2.41. The maximum atomic E-state index is 12.9. The molecule has 4 saturated heterocycles. The molecule has 9 atom stereocenters. The second kappa shape index (κ2) is 15.1. The second-order valence-electron chi connectivity index (χ2n) is 13.4. The van der Waals surface area contributed by atoms with Gasteiger partial charge in [-0.3, -0.25) is 30.9 Å². The summed E-state index contributed by atoms with van der Waals surface area (Å²) in [4.78, 5) is 28.8. The molecule has 0 spiro atoms. The molecule has 8 unspecified atom stereocenters. The van der Waals surface area contributed by atoms with E-state index in [0.717, 1.165) is 58.3 Å². The molecule has 1 aliphatic carbocycles. The van der Waals surface area contributed by atoms with E-state index in [1.54, 1.807) is 6.92 Å². The number of β-amino-alcohol motifs (C(OH)–C–C–N with tert-alkyl or cyclic N) is 1. The van der Waals surface area contributed by atoms with Crippen LogP contribution in [0.25, 0.3) is 0 Å². The molecule has 0 radical (unpaired) electrons. The maximum absolute atomic E-state index is 12.9. The predicted octanol–water partition coefficient (Wildman–Crippen LogP) is -0.613. The third-order valence-electron chi connectivity index (χ3n) is 10.5. The van der Waals surface area contributed by atoms with Crippen LogP contribution in [0, 0.1) is 17.8 Å². The Morgan fingerprint density at radius 2 is 1.88 bits per heavy atom. The van der Waals surface area contributed by atoms with E-state index in [2.05, 4.69) is 45.3 Å². The quantitative estimate of drug-likeness (QED) is 0.194. The zero-order chi connectivity index (χ0) is 29.6. The average Bonchev–Trinajstić information content (AvgIpc) is 3.40. The Labute approximate surface area is 251 Å². The zero-order valence-electron chi connectivity index (χ0n) is 25.9. The van der Waals surface area contributed by atoms with Crippen molar-refractivity contribution in [3.63, 3.8) is 0 Å². The first-order valence-electron chi connectivity index (χ1n) is 16.4. The van der Waals surface area contributed by atoms with Gasteiger partial charge in [0.05, 0.1) is 43.9 Å². The number of aliphatic hydroxyl groups is 1. The van der Waals surface area contributed by atoms with Crippen molar-refractivity contribution in [1.82, 2.24) is 36.4 Å². The number of nitrogens with zero attached hydrogens (tertiary/aromatic N) is 2. The number of ether oxygens (including phenoxy) is 2. The Bertz CT molecular complexity index is 890. The molecule has 5 fully saturated rings. The number of likely N-dealkylation sites (tertiary alicyclic amines) is 2. The monoisotopic (exact) mass is 593 g/mol. The van der Waals surface area contributed by atoms with E-state index < -0.39 is 6.10 Å². The first kappa shape index (κ1) is 32.0. The standard InChI is InChI=1S/C30H55N7O5/c1-19-25-8-9-36(14-22(25)4-5-27(19)41-16-28-20(2)34-18-42-28)15-24(39)13-31-30(40)26-12-29(33-17-32-26)35-23-6-10-37(11-7-23)21(3)38/h19-20,22-29,32-35,39H,4-18H2,1-3H3,(H,31,40)/t19?,20?,22?,24-,25?,26?,27?,28?,29?/m0/s1. The zero-order valence-corrected chi connectivity index (χ0v) is 25.9. The van der Waals surface area contributed by atoms with Crippen LogP contribution in [-0.4, -0.2) is 129 Å². The molecule has 5 aliphatic rings. The van der Waals surface area contributed by atoms with E-state index in [9.17, 15) is 14.7 Å². The smallest absolute Gasteiger partial charge is 0.237 e. The fourth-order valence-corrected chi connectivity index (χ4v) is 7.80. The topological polar surface area (TPSA) is 139 Å². The van der Waals surface area contributed by atoms with E-state index in [1.807, 2.05) is 4.90 Å². The highest BCUT2D eigenvalue weighted by atomic mass is 16.5. The lowest BCUT2D eigenvalue weighted by Crippen LogP contribution is -2.62. The molecule has 42 heavy (non-hydrogen) atoms. The van der Waals surface area contributed by atoms with Crippen LogP contribution in [0.5, 0.6) is 0 Å². The molecule has 12 nitrogen and oxygen atoms in total. The molecule has 2 amide bonds. The molecular weight excluding hydrogens is 538 g/mol. The lowest BCUT2D eigenvalue weighted by atomic mass is 9.68. The highest BCUT2D eigenvalue weighted by Gasteiger charge is 2.41. The summed E-state index contributed by atoms with van der Waals surface area (Å²) in [6.07, 6.45) is 5.75. The third kappa shape index (κ3) is 8.41. The van der Waals surface area contributed by atoms with Crippen LogP contribution < -0.4 is 26.6 Å². The minimum Gasteiger partial charge on any atom is -0.390 e. The Hall–Kier alpha value is -1.38. The molecule has 0 aromatic rings. The van der Waals surface area contributed by atoms with Crippen molar-refractivity contribution < 1.29 is 24.2 Å². The SMILES string of the molecule is CC(=O)N1CCC(NC2CC(C(=O)NC[C@H](O)CN3CCC4C(CCC(OCC5OCNC5C)C4C)C3)NCN2)CC1. The van der Waals surface area contributed by atoms with Crippen molar-refractivity contribution in [2.24, 2.45) is 17.8 Å². The lowest BCUT2D eigenvalue weighted by Gasteiger charge is -2.47. The van der Waals surface area contributed by atoms with E-state index >= 15 is 0 Å². The summed E-state index contributed by atoms with van der Waals surface area (Å²) >= 11 is 0. The molecule has 0 aromatic heterocycles. The van der Waals surface area contributed by atoms with Crippen LogP contribution in [0.4, 0.5) is 0 Å². The first-order valence-corrected chi connectivity index (χ1v) is 16.4. The normalized spacial score (nSPS) is 37.3.